The smallest absolute Gasteiger partial charge is 0.335 e. The number of hydrogen-bond acceptors (Lipinski definition) is 5. The molecule has 0 unspecified atom stereocenters. The number of rotatable bonds is 4. The Morgan fingerprint density at radius 1 is 1.26 bits per heavy atom. The van der Waals surface area contributed by atoms with Gasteiger partial charge in [-0.1, -0.05) is 24.1 Å². The first-order chi connectivity index (χ1) is 11.0. The van der Waals surface area contributed by atoms with Gasteiger partial charge in [-0.15, -0.1) is 0 Å². The highest BCUT2D eigenvalue weighted by atomic mass is 16.5. The first kappa shape index (κ1) is 15.2. The zero-order chi connectivity index (χ0) is 16.4. The zero-order valence-electron chi connectivity index (χ0n) is 12.7. The van der Waals surface area contributed by atoms with E-state index in [9.17, 15) is 9.59 Å². The average Bonchev–Trinajstić information content (AvgIpc) is 3.17. The van der Waals surface area contributed by atoms with E-state index in [2.05, 4.69) is 15.5 Å². The van der Waals surface area contributed by atoms with Gasteiger partial charge in [-0.3, -0.25) is 4.79 Å². The molecule has 1 aromatic heterocycles. The van der Waals surface area contributed by atoms with Crippen molar-refractivity contribution >= 4 is 11.9 Å². The third-order valence-electron chi connectivity index (χ3n) is 4.14. The standard InChI is InChI=1S/C16H17N3O4/c1-10-17-15(19-23-10)16(7-2-3-8-16)18-13(20)11-5-4-6-12(9-11)14(21)22/h4-6,9H,2-3,7-8H2,1H3,(H,18,20)(H,21,22). The van der Waals surface area contributed by atoms with Crippen LogP contribution >= 0.6 is 0 Å². The van der Waals surface area contributed by atoms with Crippen LogP contribution < -0.4 is 5.32 Å². The van der Waals surface area contributed by atoms with Gasteiger partial charge in [0.05, 0.1) is 5.56 Å². The fraction of sp³-hybridized carbons (Fsp3) is 0.375. The van der Waals surface area contributed by atoms with Crippen LogP contribution in [0.5, 0.6) is 0 Å². The molecule has 0 aliphatic heterocycles. The quantitative estimate of drug-likeness (QED) is 0.896. The number of aromatic carboxylic acids is 1. The molecule has 1 heterocycles. The van der Waals surface area contributed by atoms with Crippen molar-refractivity contribution in [3.05, 3.63) is 47.1 Å². The van der Waals surface area contributed by atoms with Crippen molar-refractivity contribution in [2.24, 2.45) is 0 Å². The van der Waals surface area contributed by atoms with Crippen LogP contribution in [-0.2, 0) is 5.54 Å². The minimum Gasteiger partial charge on any atom is -0.478 e. The lowest BCUT2D eigenvalue weighted by Crippen LogP contribution is -2.44. The van der Waals surface area contributed by atoms with E-state index in [1.807, 2.05) is 0 Å². The third-order valence-corrected chi connectivity index (χ3v) is 4.14. The van der Waals surface area contributed by atoms with E-state index in [-0.39, 0.29) is 11.5 Å². The molecule has 0 spiro atoms. The summed E-state index contributed by atoms with van der Waals surface area (Å²) in [6.07, 6.45) is 3.39. The van der Waals surface area contributed by atoms with Gasteiger partial charge in [0, 0.05) is 12.5 Å². The van der Waals surface area contributed by atoms with Crippen LogP contribution in [0.3, 0.4) is 0 Å². The molecule has 1 aliphatic carbocycles. The molecule has 1 saturated carbocycles. The summed E-state index contributed by atoms with van der Waals surface area (Å²) in [4.78, 5) is 27.9. The van der Waals surface area contributed by atoms with Gasteiger partial charge in [0.25, 0.3) is 5.91 Å². The molecular weight excluding hydrogens is 298 g/mol. The number of aromatic nitrogens is 2. The fourth-order valence-corrected chi connectivity index (χ4v) is 2.96. The summed E-state index contributed by atoms with van der Waals surface area (Å²) in [5.74, 6) is -0.467. The molecule has 0 radical (unpaired) electrons. The monoisotopic (exact) mass is 315 g/mol. The normalized spacial score (nSPS) is 16.2. The van der Waals surface area contributed by atoms with Gasteiger partial charge >= 0.3 is 5.97 Å². The van der Waals surface area contributed by atoms with E-state index in [1.54, 1.807) is 19.1 Å². The van der Waals surface area contributed by atoms with Gasteiger partial charge in [-0.05, 0) is 31.0 Å². The van der Waals surface area contributed by atoms with E-state index in [4.69, 9.17) is 9.63 Å². The number of aryl methyl sites for hydroxylation is 1. The maximum absolute atomic E-state index is 12.6. The number of nitrogens with zero attached hydrogens (tertiary/aromatic N) is 2. The number of carbonyl (C=O) groups is 2. The summed E-state index contributed by atoms with van der Waals surface area (Å²) in [7, 11) is 0. The van der Waals surface area contributed by atoms with Crippen molar-refractivity contribution in [3.63, 3.8) is 0 Å². The number of benzene rings is 1. The predicted octanol–water partition coefficient (Wildman–Crippen LogP) is 2.28. The van der Waals surface area contributed by atoms with Gasteiger partial charge < -0.3 is 14.9 Å². The van der Waals surface area contributed by atoms with Crippen molar-refractivity contribution in [2.45, 2.75) is 38.1 Å². The second kappa shape index (κ2) is 5.83. The average molecular weight is 315 g/mol. The maximum Gasteiger partial charge on any atom is 0.335 e. The number of carbonyl (C=O) groups excluding carboxylic acids is 1. The van der Waals surface area contributed by atoms with E-state index < -0.39 is 11.5 Å². The van der Waals surface area contributed by atoms with Crippen LogP contribution in [0.4, 0.5) is 0 Å². The van der Waals surface area contributed by atoms with Crippen molar-refractivity contribution in [1.82, 2.24) is 15.5 Å². The number of amides is 1. The largest absolute Gasteiger partial charge is 0.478 e. The molecular formula is C16H17N3O4. The summed E-state index contributed by atoms with van der Waals surface area (Å²) in [5.41, 5.74) is -0.265. The summed E-state index contributed by atoms with van der Waals surface area (Å²) in [6, 6.07) is 5.96. The number of carboxylic acid groups (broad SMARTS) is 1. The molecule has 1 aliphatic rings. The molecule has 0 bridgehead atoms. The van der Waals surface area contributed by atoms with Crippen LogP contribution in [0, 0.1) is 6.92 Å². The Bertz CT molecular complexity index is 747. The van der Waals surface area contributed by atoms with Crippen LogP contribution in [0.1, 0.15) is 58.1 Å². The van der Waals surface area contributed by atoms with E-state index in [0.717, 1.165) is 25.7 Å². The third kappa shape index (κ3) is 2.94. The van der Waals surface area contributed by atoms with Gasteiger partial charge in [0.2, 0.25) is 5.89 Å². The molecule has 23 heavy (non-hydrogen) atoms. The molecule has 0 saturated heterocycles. The minimum absolute atomic E-state index is 0.0773. The Hall–Kier alpha value is -2.70. The molecule has 1 amide bonds. The van der Waals surface area contributed by atoms with Crippen LogP contribution in [0.15, 0.2) is 28.8 Å². The lowest BCUT2D eigenvalue weighted by atomic mass is 9.95. The Morgan fingerprint density at radius 2 is 1.96 bits per heavy atom. The van der Waals surface area contributed by atoms with Crippen molar-refractivity contribution in [3.8, 4) is 0 Å². The van der Waals surface area contributed by atoms with E-state index in [1.165, 1.54) is 12.1 Å². The summed E-state index contributed by atoms with van der Waals surface area (Å²) in [5, 5.41) is 16.0. The Balaban J connectivity index is 1.87. The molecule has 7 nitrogen and oxygen atoms in total. The number of nitrogens with one attached hydrogen (secondary N) is 1. The summed E-state index contributed by atoms with van der Waals surface area (Å²) >= 11 is 0. The first-order valence-corrected chi connectivity index (χ1v) is 7.47. The number of carboxylic acids is 1. The van der Waals surface area contributed by atoms with Crippen LogP contribution in [0.25, 0.3) is 0 Å². The highest BCUT2D eigenvalue weighted by Crippen LogP contribution is 2.37. The van der Waals surface area contributed by atoms with Crippen molar-refractivity contribution < 1.29 is 19.2 Å². The van der Waals surface area contributed by atoms with Gasteiger partial charge in [0.15, 0.2) is 5.82 Å². The maximum atomic E-state index is 12.6. The zero-order valence-corrected chi connectivity index (χ0v) is 12.7. The predicted molar refractivity (Wildman–Crippen MR) is 80.0 cm³/mol. The van der Waals surface area contributed by atoms with Crippen LogP contribution in [0.2, 0.25) is 0 Å². The second-order valence-corrected chi connectivity index (χ2v) is 5.77. The lowest BCUT2D eigenvalue weighted by Gasteiger charge is -2.26. The second-order valence-electron chi connectivity index (χ2n) is 5.77. The molecule has 2 aromatic rings. The minimum atomic E-state index is -1.07. The van der Waals surface area contributed by atoms with Gasteiger partial charge in [0.1, 0.15) is 5.54 Å². The molecule has 7 heteroatoms. The summed E-state index contributed by atoms with van der Waals surface area (Å²) in [6.45, 7) is 1.71. The topological polar surface area (TPSA) is 105 Å². The SMILES string of the molecule is Cc1nc(C2(NC(=O)c3cccc(C(=O)O)c3)CCCC2)no1. The van der Waals surface area contributed by atoms with E-state index >= 15 is 0 Å². The molecule has 1 aromatic carbocycles. The summed E-state index contributed by atoms with van der Waals surface area (Å²) < 4.78 is 5.05. The first-order valence-electron chi connectivity index (χ1n) is 7.47. The lowest BCUT2D eigenvalue weighted by molar-refractivity contribution is 0.0697. The highest BCUT2D eigenvalue weighted by molar-refractivity contribution is 5.97. The Morgan fingerprint density at radius 3 is 2.57 bits per heavy atom. The van der Waals surface area contributed by atoms with Crippen molar-refractivity contribution in [1.29, 1.82) is 0 Å². The Labute approximate surface area is 132 Å². The molecule has 1 fully saturated rings. The molecule has 120 valence electrons. The van der Waals surface area contributed by atoms with Crippen LogP contribution in [-0.4, -0.2) is 27.1 Å². The van der Waals surface area contributed by atoms with Gasteiger partial charge in [-0.2, -0.15) is 4.98 Å². The Kier molecular flexibility index (Phi) is 3.85. The molecule has 0 atom stereocenters. The molecule has 2 N–H and O–H groups in total. The highest BCUT2D eigenvalue weighted by Gasteiger charge is 2.41. The fourth-order valence-electron chi connectivity index (χ4n) is 2.96. The van der Waals surface area contributed by atoms with Crippen molar-refractivity contribution in [2.75, 3.05) is 0 Å². The van der Waals surface area contributed by atoms with Gasteiger partial charge in [-0.25, -0.2) is 4.79 Å². The number of hydrogen-bond donors (Lipinski definition) is 2. The molecule has 3 rings (SSSR count). The van der Waals surface area contributed by atoms with E-state index in [0.29, 0.717) is 17.3 Å².